The summed E-state index contributed by atoms with van der Waals surface area (Å²) < 4.78 is 29.3. The number of aromatic amines is 1. The van der Waals surface area contributed by atoms with Crippen molar-refractivity contribution in [2.75, 3.05) is 13.1 Å². The highest BCUT2D eigenvalue weighted by Gasteiger charge is 2.31. The molecule has 1 saturated heterocycles. The number of rotatable bonds is 7. The second-order valence-electron chi connectivity index (χ2n) is 8.28. The molecule has 1 atom stereocenters. The Hall–Kier alpha value is -2.71. The molecule has 0 bridgehead atoms. The fourth-order valence-corrected chi connectivity index (χ4v) is 5.53. The molecule has 1 aromatic carbocycles. The van der Waals surface area contributed by atoms with Crippen LogP contribution in [0.5, 0.6) is 0 Å². The van der Waals surface area contributed by atoms with E-state index in [1.807, 2.05) is 18.2 Å². The monoisotopic (exact) mass is 440 g/mol. The van der Waals surface area contributed by atoms with E-state index < -0.39 is 16.1 Å². The smallest absolute Gasteiger partial charge is 0.241 e. The predicted molar refractivity (Wildman–Crippen MR) is 120 cm³/mol. The van der Waals surface area contributed by atoms with Crippen LogP contribution in [-0.2, 0) is 21.2 Å². The summed E-state index contributed by atoms with van der Waals surface area (Å²) in [6.07, 6.45) is 7.97. The van der Waals surface area contributed by atoms with Gasteiger partial charge in [-0.15, -0.1) is 0 Å². The van der Waals surface area contributed by atoms with Gasteiger partial charge in [0.15, 0.2) is 0 Å². The molecule has 0 radical (unpaired) electrons. The zero-order valence-corrected chi connectivity index (χ0v) is 18.4. The largest absolute Gasteiger partial charge is 0.361 e. The van der Waals surface area contributed by atoms with Crippen molar-refractivity contribution < 1.29 is 13.2 Å². The van der Waals surface area contributed by atoms with Crippen LogP contribution in [0.2, 0.25) is 0 Å². The number of pyridine rings is 1. The summed E-state index contributed by atoms with van der Waals surface area (Å²) in [5, 5.41) is 0.611. The van der Waals surface area contributed by atoms with Gasteiger partial charge in [-0.3, -0.25) is 9.78 Å². The van der Waals surface area contributed by atoms with E-state index in [4.69, 9.17) is 0 Å². The third-order valence-electron chi connectivity index (χ3n) is 5.98. The number of benzene rings is 1. The first-order chi connectivity index (χ1) is 14.9. The summed E-state index contributed by atoms with van der Waals surface area (Å²) in [6, 6.07) is 9.79. The van der Waals surface area contributed by atoms with Crippen molar-refractivity contribution in [3.05, 3.63) is 60.6 Å². The van der Waals surface area contributed by atoms with Crippen molar-refractivity contribution in [1.29, 1.82) is 0 Å². The standard InChI is InChI=1S/C23H28N4O3S/c1-17-10-14-27(15-11-17)23(28)21(8-7-18-4-3-12-24-16-18)26-31(29,30)22-6-2-5-20-19(22)9-13-25-20/h2-6,9,12-13,16-17,21,25-26H,7-8,10-11,14-15H2,1H3. The van der Waals surface area contributed by atoms with Crippen molar-refractivity contribution in [1.82, 2.24) is 19.6 Å². The molecule has 2 N–H and O–H groups in total. The lowest BCUT2D eigenvalue weighted by Gasteiger charge is -2.33. The maximum Gasteiger partial charge on any atom is 0.241 e. The van der Waals surface area contributed by atoms with E-state index >= 15 is 0 Å². The highest BCUT2D eigenvalue weighted by atomic mass is 32.2. The molecular formula is C23H28N4O3S. The highest BCUT2D eigenvalue weighted by Crippen LogP contribution is 2.23. The van der Waals surface area contributed by atoms with E-state index in [0.29, 0.717) is 37.2 Å². The lowest BCUT2D eigenvalue weighted by molar-refractivity contribution is -0.134. The van der Waals surface area contributed by atoms with Crippen LogP contribution in [0, 0.1) is 5.92 Å². The van der Waals surface area contributed by atoms with Gasteiger partial charge in [-0.05, 0) is 61.4 Å². The summed E-state index contributed by atoms with van der Waals surface area (Å²) >= 11 is 0. The lowest BCUT2D eigenvalue weighted by atomic mass is 9.98. The van der Waals surface area contributed by atoms with E-state index in [-0.39, 0.29) is 10.8 Å². The number of aromatic nitrogens is 2. The first kappa shape index (κ1) is 21.5. The van der Waals surface area contributed by atoms with Gasteiger partial charge in [0.1, 0.15) is 6.04 Å². The number of likely N-dealkylation sites (tertiary alicyclic amines) is 1. The molecule has 0 spiro atoms. The second kappa shape index (κ2) is 9.20. The van der Waals surface area contributed by atoms with Crippen molar-refractivity contribution in [2.24, 2.45) is 5.92 Å². The summed E-state index contributed by atoms with van der Waals surface area (Å²) in [5.41, 5.74) is 1.71. The molecule has 1 aliphatic rings. The fraction of sp³-hybridized carbons (Fsp3) is 0.391. The normalized spacial score (nSPS) is 16.5. The molecule has 3 aromatic rings. The Balaban J connectivity index is 1.58. The van der Waals surface area contributed by atoms with Gasteiger partial charge in [0.05, 0.1) is 4.90 Å². The number of H-pyrrole nitrogens is 1. The van der Waals surface area contributed by atoms with E-state index in [1.54, 1.807) is 41.7 Å². The number of nitrogens with zero attached hydrogens (tertiary/aromatic N) is 2. The molecule has 1 aliphatic heterocycles. The Morgan fingerprint density at radius 3 is 2.77 bits per heavy atom. The molecule has 0 aliphatic carbocycles. The third-order valence-corrected chi connectivity index (χ3v) is 7.51. The summed E-state index contributed by atoms with van der Waals surface area (Å²) in [5.74, 6) is 0.432. The van der Waals surface area contributed by atoms with Crippen LogP contribution >= 0.6 is 0 Å². The number of nitrogens with one attached hydrogen (secondary N) is 2. The average molecular weight is 441 g/mol. The minimum atomic E-state index is -3.89. The number of piperidine rings is 1. The fourth-order valence-electron chi connectivity index (χ4n) is 4.08. The molecule has 1 unspecified atom stereocenters. The number of carbonyl (C=O) groups excluding carboxylic acids is 1. The molecule has 7 nitrogen and oxygen atoms in total. The predicted octanol–water partition coefficient (Wildman–Crippen LogP) is 3.10. The molecule has 8 heteroatoms. The van der Waals surface area contributed by atoms with E-state index in [9.17, 15) is 13.2 Å². The SMILES string of the molecule is CC1CCN(C(=O)C(CCc2cccnc2)NS(=O)(=O)c2cccc3[nH]ccc23)CC1. The molecule has 164 valence electrons. The highest BCUT2D eigenvalue weighted by molar-refractivity contribution is 7.89. The second-order valence-corrected chi connectivity index (χ2v) is 9.96. The maximum atomic E-state index is 13.3. The topological polar surface area (TPSA) is 95.2 Å². The average Bonchev–Trinajstić information content (AvgIpc) is 3.26. The molecular weight excluding hydrogens is 412 g/mol. The van der Waals surface area contributed by atoms with Gasteiger partial charge >= 0.3 is 0 Å². The van der Waals surface area contributed by atoms with Gasteiger partial charge in [-0.25, -0.2) is 8.42 Å². The maximum absolute atomic E-state index is 13.3. The molecule has 3 heterocycles. The zero-order valence-electron chi connectivity index (χ0n) is 17.6. The Labute approximate surface area is 182 Å². The molecule has 2 aromatic heterocycles. The number of carbonyl (C=O) groups is 1. The van der Waals surface area contributed by atoms with Gasteiger partial charge in [0.25, 0.3) is 0 Å². The van der Waals surface area contributed by atoms with Crippen LogP contribution in [0.4, 0.5) is 0 Å². The van der Waals surface area contributed by atoms with Crippen LogP contribution in [0.25, 0.3) is 10.9 Å². The van der Waals surface area contributed by atoms with Gasteiger partial charge in [-0.2, -0.15) is 4.72 Å². The first-order valence-corrected chi connectivity index (χ1v) is 12.2. The molecule has 1 fully saturated rings. The van der Waals surface area contributed by atoms with E-state index in [1.165, 1.54) is 0 Å². The summed E-state index contributed by atoms with van der Waals surface area (Å²) in [6.45, 7) is 3.51. The van der Waals surface area contributed by atoms with Gasteiger partial charge < -0.3 is 9.88 Å². The van der Waals surface area contributed by atoms with Crippen LogP contribution in [0.1, 0.15) is 31.7 Å². The van der Waals surface area contributed by atoms with E-state index in [2.05, 4.69) is 21.6 Å². The Morgan fingerprint density at radius 2 is 2.03 bits per heavy atom. The zero-order chi connectivity index (χ0) is 21.8. The van der Waals surface area contributed by atoms with Gasteiger partial charge in [-0.1, -0.05) is 19.1 Å². The number of hydrogen-bond donors (Lipinski definition) is 2. The van der Waals surface area contributed by atoms with Crippen LogP contribution in [0.15, 0.2) is 59.9 Å². The lowest BCUT2D eigenvalue weighted by Crippen LogP contribution is -2.50. The molecule has 0 saturated carbocycles. The van der Waals surface area contributed by atoms with Crippen LogP contribution in [-0.4, -0.2) is 48.3 Å². The Morgan fingerprint density at radius 1 is 1.23 bits per heavy atom. The molecule has 1 amide bonds. The Bertz CT molecular complexity index is 1140. The minimum Gasteiger partial charge on any atom is -0.361 e. The van der Waals surface area contributed by atoms with Crippen molar-refractivity contribution >= 4 is 26.8 Å². The van der Waals surface area contributed by atoms with Gasteiger partial charge in [0, 0.05) is 42.6 Å². The quantitative estimate of drug-likeness (QED) is 0.590. The van der Waals surface area contributed by atoms with Crippen LogP contribution < -0.4 is 4.72 Å². The number of fused-ring (bicyclic) bond motifs is 1. The van der Waals surface area contributed by atoms with Crippen molar-refractivity contribution in [3.63, 3.8) is 0 Å². The van der Waals surface area contributed by atoms with Crippen molar-refractivity contribution in [3.8, 4) is 0 Å². The Kier molecular flexibility index (Phi) is 6.38. The van der Waals surface area contributed by atoms with Gasteiger partial charge in [0.2, 0.25) is 15.9 Å². The first-order valence-electron chi connectivity index (χ1n) is 10.7. The molecule has 31 heavy (non-hydrogen) atoms. The minimum absolute atomic E-state index is 0.152. The summed E-state index contributed by atoms with van der Waals surface area (Å²) in [4.78, 5) is 22.5. The third kappa shape index (κ3) is 4.97. The number of amides is 1. The van der Waals surface area contributed by atoms with E-state index in [0.717, 1.165) is 23.9 Å². The molecule has 4 rings (SSSR count). The van der Waals surface area contributed by atoms with Crippen LogP contribution in [0.3, 0.4) is 0 Å². The summed E-state index contributed by atoms with van der Waals surface area (Å²) in [7, 11) is -3.89. The number of aryl methyl sites for hydroxylation is 1. The number of hydrogen-bond acceptors (Lipinski definition) is 4. The number of sulfonamides is 1. The van der Waals surface area contributed by atoms with Crippen molar-refractivity contribution in [2.45, 2.75) is 43.5 Å².